The van der Waals surface area contributed by atoms with Crippen LogP contribution in [0.15, 0.2) is 4.63 Å². The lowest BCUT2D eigenvalue weighted by molar-refractivity contribution is -0.127. The SMILES string of the molecule is CCN1C[C@H](CN(C)c2nc3nonc3nc2N2CCOCC2)CC1=O. The normalized spacial score (nSPS) is 21.0. The van der Waals surface area contributed by atoms with E-state index in [9.17, 15) is 4.79 Å². The number of likely N-dealkylation sites (tertiary alicyclic amines) is 1. The van der Waals surface area contributed by atoms with E-state index in [2.05, 4.69) is 30.1 Å². The second-order valence-corrected chi connectivity index (χ2v) is 6.76. The monoisotopic (exact) mass is 361 g/mol. The molecule has 4 heterocycles. The fraction of sp³-hybridized carbons (Fsp3) is 0.688. The van der Waals surface area contributed by atoms with E-state index in [1.165, 1.54) is 0 Å². The molecule has 1 atom stereocenters. The van der Waals surface area contributed by atoms with Crippen molar-refractivity contribution in [2.45, 2.75) is 13.3 Å². The molecule has 2 fully saturated rings. The Bertz CT molecular complexity index is 789. The fourth-order valence-corrected chi connectivity index (χ4v) is 3.62. The molecule has 0 saturated carbocycles. The zero-order valence-corrected chi connectivity index (χ0v) is 15.1. The van der Waals surface area contributed by atoms with Crippen molar-refractivity contribution in [1.82, 2.24) is 25.2 Å². The first kappa shape index (κ1) is 17.0. The molecule has 0 unspecified atom stereocenters. The number of ether oxygens (including phenoxy) is 1. The minimum atomic E-state index is 0.224. The molecule has 0 aliphatic carbocycles. The first-order valence-corrected chi connectivity index (χ1v) is 8.97. The summed E-state index contributed by atoms with van der Waals surface area (Å²) in [7, 11) is 1.98. The van der Waals surface area contributed by atoms with E-state index in [0.717, 1.165) is 44.4 Å². The summed E-state index contributed by atoms with van der Waals surface area (Å²) in [5, 5.41) is 7.65. The lowest BCUT2D eigenvalue weighted by atomic mass is 10.1. The van der Waals surface area contributed by atoms with E-state index in [1.807, 2.05) is 18.9 Å². The van der Waals surface area contributed by atoms with Crippen molar-refractivity contribution in [1.29, 1.82) is 0 Å². The van der Waals surface area contributed by atoms with E-state index >= 15 is 0 Å². The predicted molar refractivity (Wildman–Crippen MR) is 94.1 cm³/mol. The molecule has 2 saturated heterocycles. The van der Waals surface area contributed by atoms with Gasteiger partial charge in [-0.1, -0.05) is 0 Å². The van der Waals surface area contributed by atoms with E-state index in [4.69, 9.17) is 9.37 Å². The summed E-state index contributed by atoms with van der Waals surface area (Å²) >= 11 is 0. The number of hydrogen-bond acceptors (Lipinski definition) is 9. The summed E-state index contributed by atoms with van der Waals surface area (Å²) in [5.74, 6) is 1.99. The Morgan fingerprint density at radius 2 is 1.92 bits per heavy atom. The number of fused-ring (bicyclic) bond motifs is 1. The maximum absolute atomic E-state index is 12.0. The third kappa shape index (κ3) is 3.16. The van der Waals surface area contributed by atoms with Gasteiger partial charge < -0.3 is 19.4 Å². The molecule has 0 spiro atoms. The highest BCUT2D eigenvalue weighted by molar-refractivity contribution is 5.79. The van der Waals surface area contributed by atoms with Crippen LogP contribution in [-0.2, 0) is 9.53 Å². The number of morpholine rings is 1. The van der Waals surface area contributed by atoms with Gasteiger partial charge in [0.05, 0.1) is 13.2 Å². The highest BCUT2D eigenvalue weighted by atomic mass is 16.6. The molecule has 4 rings (SSSR count). The Labute approximate surface area is 151 Å². The molecule has 2 aliphatic heterocycles. The van der Waals surface area contributed by atoms with Gasteiger partial charge in [-0.2, -0.15) is 0 Å². The molecule has 0 radical (unpaired) electrons. The van der Waals surface area contributed by atoms with Gasteiger partial charge in [0.2, 0.25) is 17.2 Å². The topological polar surface area (TPSA) is 101 Å². The standard InChI is InChI=1S/C16H23N7O3/c1-3-22-10-11(8-12(22)24)9-21(2)15-16(23-4-6-25-7-5-23)18-14-13(17-15)19-26-20-14/h11H,3-10H2,1-2H3/t11-/m0/s1. The summed E-state index contributed by atoms with van der Waals surface area (Å²) in [6, 6.07) is 0. The summed E-state index contributed by atoms with van der Waals surface area (Å²) in [5.41, 5.74) is 0.790. The zero-order chi connectivity index (χ0) is 18.1. The second kappa shape index (κ2) is 7.02. The third-order valence-corrected chi connectivity index (χ3v) is 4.96. The highest BCUT2D eigenvalue weighted by Crippen LogP contribution is 2.29. The lowest BCUT2D eigenvalue weighted by Gasteiger charge is -2.31. The average Bonchev–Trinajstić information content (AvgIpc) is 3.26. The van der Waals surface area contributed by atoms with Gasteiger partial charge in [-0.25, -0.2) is 14.6 Å². The first-order valence-electron chi connectivity index (χ1n) is 8.97. The highest BCUT2D eigenvalue weighted by Gasteiger charge is 2.31. The van der Waals surface area contributed by atoms with Crippen LogP contribution in [0, 0.1) is 5.92 Å². The maximum Gasteiger partial charge on any atom is 0.245 e. The van der Waals surface area contributed by atoms with E-state index < -0.39 is 0 Å². The van der Waals surface area contributed by atoms with Gasteiger partial charge in [0.1, 0.15) is 0 Å². The van der Waals surface area contributed by atoms with E-state index in [0.29, 0.717) is 30.9 Å². The Morgan fingerprint density at radius 1 is 1.19 bits per heavy atom. The van der Waals surface area contributed by atoms with Crippen molar-refractivity contribution < 1.29 is 14.2 Å². The molecule has 2 aliphatic rings. The molecule has 1 amide bonds. The van der Waals surface area contributed by atoms with Crippen molar-refractivity contribution in [3.63, 3.8) is 0 Å². The Kier molecular flexibility index (Phi) is 4.58. The Hall–Kier alpha value is -2.49. The minimum Gasteiger partial charge on any atom is -0.378 e. The smallest absolute Gasteiger partial charge is 0.245 e. The number of rotatable bonds is 5. The van der Waals surface area contributed by atoms with Crippen LogP contribution in [0.3, 0.4) is 0 Å². The molecule has 0 aromatic carbocycles. The number of anilines is 2. The number of carbonyl (C=O) groups is 1. The summed E-state index contributed by atoms with van der Waals surface area (Å²) in [6.45, 7) is 7.09. The molecular weight excluding hydrogens is 338 g/mol. The fourth-order valence-electron chi connectivity index (χ4n) is 3.62. The molecular formula is C16H23N7O3. The van der Waals surface area contributed by atoms with Gasteiger partial charge in [-0.3, -0.25) is 4.79 Å². The van der Waals surface area contributed by atoms with Crippen molar-refractivity contribution in [3.05, 3.63) is 0 Å². The number of amides is 1. The summed E-state index contributed by atoms with van der Waals surface area (Å²) in [4.78, 5) is 27.4. The van der Waals surface area contributed by atoms with Gasteiger partial charge in [0.15, 0.2) is 11.6 Å². The van der Waals surface area contributed by atoms with Gasteiger partial charge in [-0.15, -0.1) is 0 Å². The summed E-state index contributed by atoms with van der Waals surface area (Å²) in [6.07, 6.45) is 0.576. The van der Waals surface area contributed by atoms with Gasteiger partial charge in [0, 0.05) is 52.1 Å². The van der Waals surface area contributed by atoms with Gasteiger partial charge in [0.25, 0.3) is 0 Å². The molecule has 0 N–H and O–H groups in total. The first-order chi connectivity index (χ1) is 12.7. The number of nitrogens with zero attached hydrogens (tertiary/aromatic N) is 7. The van der Waals surface area contributed by atoms with Crippen molar-refractivity contribution in [2.24, 2.45) is 5.92 Å². The molecule has 2 aromatic rings. The zero-order valence-electron chi connectivity index (χ0n) is 15.1. The predicted octanol–water partition coefficient (Wildman–Crippen LogP) is 0.154. The quantitative estimate of drug-likeness (QED) is 0.736. The third-order valence-electron chi connectivity index (χ3n) is 4.96. The molecule has 26 heavy (non-hydrogen) atoms. The Balaban J connectivity index is 1.60. The largest absolute Gasteiger partial charge is 0.378 e. The molecule has 2 aromatic heterocycles. The Morgan fingerprint density at radius 3 is 2.62 bits per heavy atom. The van der Waals surface area contributed by atoms with Gasteiger partial charge in [-0.05, 0) is 17.2 Å². The van der Waals surface area contributed by atoms with E-state index in [1.54, 1.807) is 0 Å². The van der Waals surface area contributed by atoms with Crippen molar-refractivity contribution in [2.75, 3.05) is 62.8 Å². The molecule has 140 valence electrons. The van der Waals surface area contributed by atoms with E-state index in [-0.39, 0.29) is 11.8 Å². The van der Waals surface area contributed by atoms with Crippen LogP contribution in [0.25, 0.3) is 11.3 Å². The van der Waals surface area contributed by atoms with Crippen LogP contribution in [0.2, 0.25) is 0 Å². The number of hydrogen-bond donors (Lipinski definition) is 0. The molecule has 0 bridgehead atoms. The average molecular weight is 361 g/mol. The van der Waals surface area contributed by atoms with Gasteiger partial charge >= 0.3 is 0 Å². The lowest BCUT2D eigenvalue weighted by Crippen LogP contribution is -2.38. The van der Waals surface area contributed by atoms with Crippen LogP contribution in [-0.4, -0.2) is 84.1 Å². The van der Waals surface area contributed by atoms with Crippen molar-refractivity contribution >= 4 is 28.8 Å². The van der Waals surface area contributed by atoms with Crippen LogP contribution >= 0.6 is 0 Å². The second-order valence-electron chi connectivity index (χ2n) is 6.76. The van der Waals surface area contributed by atoms with Crippen LogP contribution < -0.4 is 9.80 Å². The van der Waals surface area contributed by atoms with Crippen LogP contribution in [0.1, 0.15) is 13.3 Å². The summed E-state index contributed by atoms with van der Waals surface area (Å²) < 4.78 is 10.2. The molecule has 10 nitrogen and oxygen atoms in total. The molecule has 10 heteroatoms. The maximum atomic E-state index is 12.0. The minimum absolute atomic E-state index is 0.224. The van der Waals surface area contributed by atoms with Crippen LogP contribution in [0.4, 0.5) is 11.6 Å². The van der Waals surface area contributed by atoms with Crippen LogP contribution in [0.5, 0.6) is 0 Å². The van der Waals surface area contributed by atoms with Crippen molar-refractivity contribution in [3.8, 4) is 0 Å². The number of aromatic nitrogens is 4. The number of carbonyl (C=O) groups excluding carboxylic acids is 1.